The van der Waals surface area contributed by atoms with E-state index in [1.54, 1.807) is 0 Å². The van der Waals surface area contributed by atoms with Crippen molar-refractivity contribution in [3.63, 3.8) is 0 Å². The van der Waals surface area contributed by atoms with Crippen molar-refractivity contribution >= 4 is 23.9 Å². The Kier molecular flexibility index (Phi) is 41.0. The van der Waals surface area contributed by atoms with E-state index in [0.29, 0.717) is 77.8 Å². The SMILES string of the molecule is CCCCCCCCOC(=O)CCCCC(=O)OCCCCCCCC.CCCCCCOC(=O)CCCCC(=O)OCCCCCC. The van der Waals surface area contributed by atoms with E-state index in [0.717, 1.165) is 51.4 Å². The van der Waals surface area contributed by atoms with Gasteiger partial charge in [0, 0.05) is 25.7 Å². The van der Waals surface area contributed by atoms with Gasteiger partial charge in [-0.05, 0) is 51.4 Å². The second-order valence-electron chi connectivity index (χ2n) is 13.0. The molecule has 0 amide bonds. The molecule has 0 aliphatic carbocycles. The van der Waals surface area contributed by atoms with E-state index in [9.17, 15) is 19.2 Å². The molecular formula is C40H76O8. The largest absolute Gasteiger partial charge is 0.466 e. The van der Waals surface area contributed by atoms with E-state index >= 15 is 0 Å². The second kappa shape index (κ2) is 41.1. The van der Waals surface area contributed by atoms with Crippen LogP contribution >= 0.6 is 0 Å². The molecule has 8 nitrogen and oxygen atoms in total. The molecule has 0 aromatic rings. The highest BCUT2D eigenvalue weighted by Gasteiger charge is 2.07. The van der Waals surface area contributed by atoms with Crippen LogP contribution in [0.3, 0.4) is 0 Å². The van der Waals surface area contributed by atoms with Gasteiger partial charge in [-0.1, -0.05) is 130 Å². The van der Waals surface area contributed by atoms with Crippen LogP contribution in [0.2, 0.25) is 0 Å². The second-order valence-corrected chi connectivity index (χ2v) is 13.0. The summed E-state index contributed by atoms with van der Waals surface area (Å²) in [5.74, 6) is -0.577. The zero-order valence-corrected chi connectivity index (χ0v) is 31.9. The van der Waals surface area contributed by atoms with Gasteiger partial charge >= 0.3 is 23.9 Å². The summed E-state index contributed by atoms with van der Waals surface area (Å²) < 4.78 is 20.7. The van der Waals surface area contributed by atoms with Gasteiger partial charge in [-0.25, -0.2) is 0 Å². The van der Waals surface area contributed by atoms with Crippen LogP contribution in [0.1, 0.15) is 207 Å². The molecule has 0 aromatic carbocycles. The Morgan fingerprint density at radius 3 is 0.688 bits per heavy atom. The maximum absolute atomic E-state index is 11.6. The molecule has 0 rings (SSSR count). The fourth-order valence-corrected chi connectivity index (χ4v) is 4.93. The van der Waals surface area contributed by atoms with Crippen LogP contribution in [0.5, 0.6) is 0 Å². The summed E-state index contributed by atoms with van der Waals surface area (Å²) in [4.78, 5) is 46.1. The molecule has 0 bridgehead atoms. The molecule has 0 saturated carbocycles. The summed E-state index contributed by atoms with van der Waals surface area (Å²) >= 11 is 0. The molecule has 0 atom stereocenters. The molecule has 0 heterocycles. The quantitative estimate of drug-likeness (QED) is 0.0374. The molecule has 0 radical (unpaired) electrons. The summed E-state index contributed by atoms with van der Waals surface area (Å²) in [6, 6.07) is 0. The van der Waals surface area contributed by atoms with Crippen LogP contribution in [-0.2, 0) is 38.1 Å². The fourth-order valence-electron chi connectivity index (χ4n) is 4.93. The number of rotatable bonds is 34. The monoisotopic (exact) mass is 685 g/mol. The van der Waals surface area contributed by atoms with Gasteiger partial charge in [0.05, 0.1) is 26.4 Å². The predicted octanol–water partition coefficient (Wildman–Crippen LogP) is 11.1. The molecule has 0 spiro atoms. The average molecular weight is 685 g/mol. The minimum atomic E-state index is -0.149. The van der Waals surface area contributed by atoms with E-state index in [4.69, 9.17) is 18.9 Å². The van der Waals surface area contributed by atoms with E-state index in [-0.39, 0.29) is 23.9 Å². The van der Waals surface area contributed by atoms with Crippen molar-refractivity contribution in [1.82, 2.24) is 0 Å². The molecule has 0 fully saturated rings. The average Bonchev–Trinajstić information content (AvgIpc) is 3.08. The normalized spacial score (nSPS) is 10.6. The maximum Gasteiger partial charge on any atom is 0.305 e. The lowest BCUT2D eigenvalue weighted by Gasteiger charge is -2.06. The fraction of sp³-hybridized carbons (Fsp3) is 0.900. The van der Waals surface area contributed by atoms with Crippen molar-refractivity contribution in [2.75, 3.05) is 26.4 Å². The third-order valence-electron chi connectivity index (χ3n) is 8.07. The molecule has 0 aliphatic rings. The molecule has 8 heteroatoms. The van der Waals surface area contributed by atoms with Gasteiger partial charge in [-0.2, -0.15) is 0 Å². The third-order valence-corrected chi connectivity index (χ3v) is 8.07. The Bertz CT molecular complexity index is 664. The summed E-state index contributed by atoms with van der Waals surface area (Å²) in [6.45, 7) is 10.8. The molecule has 0 aromatic heterocycles. The Hall–Kier alpha value is -2.12. The first-order chi connectivity index (χ1) is 23.4. The molecule has 0 saturated heterocycles. The van der Waals surface area contributed by atoms with Gasteiger partial charge in [-0.3, -0.25) is 19.2 Å². The van der Waals surface area contributed by atoms with E-state index < -0.39 is 0 Å². The van der Waals surface area contributed by atoms with Gasteiger partial charge < -0.3 is 18.9 Å². The Labute approximate surface area is 295 Å². The van der Waals surface area contributed by atoms with E-state index in [1.165, 1.54) is 77.0 Å². The van der Waals surface area contributed by atoms with Gasteiger partial charge in [0.1, 0.15) is 0 Å². The minimum Gasteiger partial charge on any atom is -0.466 e. The van der Waals surface area contributed by atoms with Crippen molar-refractivity contribution < 1.29 is 38.1 Å². The van der Waals surface area contributed by atoms with Crippen LogP contribution in [0, 0.1) is 0 Å². The molecular weight excluding hydrogens is 608 g/mol. The number of hydrogen-bond donors (Lipinski definition) is 0. The Balaban J connectivity index is 0. The lowest BCUT2D eigenvalue weighted by molar-refractivity contribution is -0.146. The summed E-state index contributed by atoms with van der Waals surface area (Å²) in [7, 11) is 0. The summed E-state index contributed by atoms with van der Waals surface area (Å²) in [6.07, 6.45) is 27.6. The van der Waals surface area contributed by atoms with Gasteiger partial charge in [-0.15, -0.1) is 0 Å². The Morgan fingerprint density at radius 2 is 0.458 bits per heavy atom. The summed E-state index contributed by atoms with van der Waals surface area (Å²) in [5.41, 5.74) is 0. The van der Waals surface area contributed by atoms with Crippen LogP contribution in [0.15, 0.2) is 0 Å². The predicted molar refractivity (Wildman–Crippen MR) is 196 cm³/mol. The first kappa shape index (κ1) is 48.0. The lowest BCUT2D eigenvalue weighted by Crippen LogP contribution is -2.08. The molecule has 284 valence electrons. The molecule has 0 unspecified atom stereocenters. The third kappa shape index (κ3) is 41.9. The van der Waals surface area contributed by atoms with E-state index in [2.05, 4.69) is 27.7 Å². The highest BCUT2D eigenvalue weighted by atomic mass is 16.5. The number of esters is 4. The van der Waals surface area contributed by atoms with Crippen LogP contribution in [0.4, 0.5) is 0 Å². The van der Waals surface area contributed by atoms with Gasteiger partial charge in [0.15, 0.2) is 0 Å². The smallest absolute Gasteiger partial charge is 0.305 e. The van der Waals surface area contributed by atoms with Crippen LogP contribution < -0.4 is 0 Å². The highest BCUT2D eigenvalue weighted by molar-refractivity contribution is 5.71. The van der Waals surface area contributed by atoms with E-state index in [1.807, 2.05) is 0 Å². The topological polar surface area (TPSA) is 105 Å². The van der Waals surface area contributed by atoms with Crippen LogP contribution in [-0.4, -0.2) is 50.3 Å². The van der Waals surface area contributed by atoms with Crippen molar-refractivity contribution in [1.29, 1.82) is 0 Å². The van der Waals surface area contributed by atoms with Crippen molar-refractivity contribution in [3.05, 3.63) is 0 Å². The zero-order valence-electron chi connectivity index (χ0n) is 31.9. The highest BCUT2D eigenvalue weighted by Crippen LogP contribution is 2.09. The van der Waals surface area contributed by atoms with Crippen LogP contribution in [0.25, 0.3) is 0 Å². The zero-order chi connectivity index (χ0) is 35.8. The molecule has 0 N–H and O–H groups in total. The first-order valence-electron chi connectivity index (χ1n) is 20.0. The first-order valence-corrected chi connectivity index (χ1v) is 20.0. The van der Waals surface area contributed by atoms with Gasteiger partial charge in [0.25, 0.3) is 0 Å². The lowest BCUT2D eigenvalue weighted by atomic mass is 10.1. The Morgan fingerprint density at radius 1 is 0.271 bits per heavy atom. The number of carbonyl (C=O) groups excluding carboxylic acids is 4. The standard InChI is InChI=1S/C22H42O4.C18H34O4/c1-3-5-7-9-11-15-19-25-21(23)17-13-14-18-22(24)26-20-16-12-10-8-6-4-2;1-3-5-7-11-15-21-17(19)13-9-10-14-18(20)22-16-12-8-6-4-2/h3-20H2,1-2H3;3-16H2,1-2H3. The number of unbranched alkanes of at least 4 members (excludes halogenated alkanes) is 18. The summed E-state index contributed by atoms with van der Waals surface area (Å²) in [5, 5.41) is 0. The van der Waals surface area contributed by atoms with Crippen molar-refractivity contribution in [3.8, 4) is 0 Å². The number of hydrogen-bond acceptors (Lipinski definition) is 8. The maximum atomic E-state index is 11.6. The van der Waals surface area contributed by atoms with Crippen molar-refractivity contribution in [2.45, 2.75) is 207 Å². The van der Waals surface area contributed by atoms with Gasteiger partial charge in [0.2, 0.25) is 0 Å². The minimum absolute atomic E-state index is 0.140. The molecule has 0 aliphatic heterocycles. The molecule has 48 heavy (non-hydrogen) atoms. The number of carbonyl (C=O) groups is 4. The number of ether oxygens (including phenoxy) is 4. The van der Waals surface area contributed by atoms with Crippen molar-refractivity contribution in [2.24, 2.45) is 0 Å².